The highest BCUT2D eigenvalue weighted by molar-refractivity contribution is 5.78. The average Bonchev–Trinajstić information content (AvgIpc) is 2.95. The van der Waals surface area contributed by atoms with Crippen LogP contribution in [0.2, 0.25) is 0 Å². The normalized spacial score (nSPS) is 11.6. The van der Waals surface area contributed by atoms with Gasteiger partial charge in [-0.15, -0.1) is 0 Å². The van der Waals surface area contributed by atoms with E-state index in [1.807, 2.05) is 4.90 Å². The van der Waals surface area contributed by atoms with E-state index in [1.165, 1.54) is 33.3 Å². The molecule has 0 atom stereocenters. The van der Waals surface area contributed by atoms with Crippen LogP contribution in [0.1, 0.15) is 40.0 Å². The SMILES string of the molecule is CC=O.CCC.CNCC(=O)N1CCCC1.COC=O. The van der Waals surface area contributed by atoms with Gasteiger partial charge in [-0.2, -0.15) is 0 Å². The summed E-state index contributed by atoms with van der Waals surface area (Å²) in [5.74, 6) is 0.236. The predicted octanol–water partition coefficient (Wildman–Crippen LogP) is 1.24. The van der Waals surface area contributed by atoms with E-state index in [0.29, 0.717) is 13.0 Å². The van der Waals surface area contributed by atoms with Crippen LogP contribution in [0.4, 0.5) is 0 Å². The minimum atomic E-state index is 0.236. The van der Waals surface area contributed by atoms with Gasteiger partial charge >= 0.3 is 0 Å². The molecule has 0 aromatic carbocycles. The summed E-state index contributed by atoms with van der Waals surface area (Å²) in [7, 11) is 3.11. The van der Waals surface area contributed by atoms with Gasteiger partial charge < -0.3 is 19.7 Å². The van der Waals surface area contributed by atoms with E-state index < -0.39 is 0 Å². The second kappa shape index (κ2) is 22.7. The number of aldehydes is 1. The molecule has 6 heteroatoms. The number of amides is 1. The van der Waals surface area contributed by atoms with E-state index in [9.17, 15) is 4.79 Å². The third kappa shape index (κ3) is 21.8. The van der Waals surface area contributed by atoms with E-state index in [2.05, 4.69) is 23.9 Å². The number of methoxy groups -OCH3 is 1. The molecule has 6 nitrogen and oxygen atoms in total. The zero-order chi connectivity index (χ0) is 16.2. The highest BCUT2D eigenvalue weighted by Gasteiger charge is 2.15. The van der Waals surface area contributed by atoms with Crippen LogP contribution in [0.25, 0.3) is 0 Å². The molecule has 1 fully saturated rings. The Balaban J connectivity index is -0.000000242. The van der Waals surface area contributed by atoms with Gasteiger partial charge in [-0.25, -0.2) is 0 Å². The maximum Gasteiger partial charge on any atom is 0.292 e. The van der Waals surface area contributed by atoms with Gasteiger partial charge in [0.05, 0.1) is 13.7 Å². The number of hydrogen-bond donors (Lipinski definition) is 1. The average molecular weight is 290 g/mol. The van der Waals surface area contributed by atoms with E-state index in [4.69, 9.17) is 9.59 Å². The molecule has 0 saturated carbocycles. The molecule has 1 aliphatic rings. The standard InChI is InChI=1S/C7H14N2O.C3H8.C2H4O2.C2H4O/c1-8-6-7(10)9-4-2-3-5-9;1-3-2;1-4-2-3;1-2-3/h8H,2-6H2,1H3;3H2,1-2H3;2H,1H3;2H,1H3. The molecule has 1 amide bonds. The predicted molar refractivity (Wildman–Crippen MR) is 80.5 cm³/mol. The van der Waals surface area contributed by atoms with Gasteiger partial charge in [0.25, 0.3) is 6.47 Å². The van der Waals surface area contributed by atoms with Crippen molar-refractivity contribution < 1.29 is 19.1 Å². The molecule has 0 unspecified atom stereocenters. The van der Waals surface area contributed by atoms with Crippen LogP contribution in [-0.2, 0) is 19.1 Å². The fraction of sp³-hybridized carbons (Fsp3) is 0.786. The summed E-state index contributed by atoms with van der Waals surface area (Å²) in [4.78, 5) is 30.8. The second-order valence-electron chi connectivity index (χ2n) is 3.89. The lowest BCUT2D eigenvalue weighted by Crippen LogP contribution is -2.34. The third-order valence-corrected chi connectivity index (χ3v) is 1.88. The fourth-order valence-electron chi connectivity index (χ4n) is 1.23. The summed E-state index contributed by atoms with van der Waals surface area (Å²) >= 11 is 0. The van der Waals surface area contributed by atoms with E-state index >= 15 is 0 Å². The Labute approximate surface area is 122 Å². The minimum absolute atomic E-state index is 0.236. The summed E-state index contributed by atoms with van der Waals surface area (Å²) in [6.07, 6.45) is 4.35. The maximum absolute atomic E-state index is 11.1. The number of nitrogens with one attached hydrogen (secondary N) is 1. The first-order chi connectivity index (χ1) is 9.59. The lowest BCUT2D eigenvalue weighted by molar-refractivity contribution is -0.129. The molecule has 1 rings (SSSR count). The smallest absolute Gasteiger partial charge is 0.292 e. The Morgan fingerprint density at radius 3 is 1.85 bits per heavy atom. The number of likely N-dealkylation sites (tertiary alicyclic amines) is 1. The first kappa shape index (κ1) is 23.6. The second-order valence-corrected chi connectivity index (χ2v) is 3.89. The van der Waals surface area contributed by atoms with E-state index in [-0.39, 0.29) is 5.91 Å². The van der Waals surface area contributed by atoms with Crippen molar-refractivity contribution in [2.75, 3.05) is 33.8 Å². The number of carbonyl (C=O) groups is 3. The van der Waals surface area contributed by atoms with Crippen LogP contribution in [-0.4, -0.2) is 57.4 Å². The van der Waals surface area contributed by atoms with Crippen LogP contribution in [0.3, 0.4) is 0 Å². The van der Waals surface area contributed by atoms with Crippen molar-refractivity contribution in [2.24, 2.45) is 0 Å². The third-order valence-electron chi connectivity index (χ3n) is 1.88. The molecule has 120 valence electrons. The Hall–Kier alpha value is -1.43. The number of nitrogens with zero attached hydrogens (tertiary/aromatic N) is 1. The first-order valence-corrected chi connectivity index (χ1v) is 6.87. The van der Waals surface area contributed by atoms with E-state index in [1.54, 1.807) is 7.05 Å². The van der Waals surface area contributed by atoms with Gasteiger partial charge in [0.2, 0.25) is 5.91 Å². The summed E-state index contributed by atoms with van der Waals surface area (Å²) < 4.78 is 3.86. The fourth-order valence-corrected chi connectivity index (χ4v) is 1.23. The lowest BCUT2D eigenvalue weighted by Gasteiger charge is -2.13. The zero-order valence-electron chi connectivity index (χ0n) is 13.5. The van der Waals surface area contributed by atoms with Gasteiger partial charge in [0.1, 0.15) is 6.29 Å². The highest BCUT2D eigenvalue weighted by atomic mass is 16.5. The van der Waals surface area contributed by atoms with Crippen molar-refractivity contribution in [2.45, 2.75) is 40.0 Å². The topological polar surface area (TPSA) is 75.7 Å². The lowest BCUT2D eigenvalue weighted by atomic mass is 10.4. The number of rotatable bonds is 3. The van der Waals surface area contributed by atoms with Crippen molar-refractivity contribution in [1.82, 2.24) is 10.2 Å². The van der Waals surface area contributed by atoms with Gasteiger partial charge in [-0.05, 0) is 26.8 Å². The molecular formula is C14H30N2O4. The molecular weight excluding hydrogens is 260 g/mol. The minimum Gasteiger partial charge on any atom is -0.471 e. The Bertz CT molecular complexity index is 217. The summed E-state index contributed by atoms with van der Waals surface area (Å²) in [5.41, 5.74) is 0. The van der Waals surface area contributed by atoms with Gasteiger partial charge in [-0.1, -0.05) is 20.3 Å². The van der Waals surface area contributed by atoms with Crippen molar-refractivity contribution in [3.63, 3.8) is 0 Å². The maximum atomic E-state index is 11.1. The molecule has 0 spiro atoms. The molecule has 0 aliphatic carbocycles. The van der Waals surface area contributed by atoms with Gasteiger partial charge in [0.15, 0.2) is 0 Å². The summed E-state index contributed by atoms with van der Waals surface area (Å²) in [6.45, 7) is 8.47. The number of ether oxygens (including phenoxy) is 1. The molecule has 0 aromatic rings. The van der Waals surface area contributed by atoms with Crippen LogP contribution in [0, 0.1) is 0 Å². The van der Waals surface area contributed by atoms with Crippen molar-refractivity contribution in [3.8, 4) is 0 Å². The van der Waals surface area contributed by atoms with Crippen LogP contribution >= 0.6 is 0 Å². The van der Waals surface area contributed by atoms with Crippen molar-refractivity contribution in [3.05, 3.63) is 0 Å². The van der Waals surface area contributed by atoms with Crippen molar-refractivity contribution >= 4 is 18.7 Å². The van der Waals surface area contributed by atoms with Crippen LogP contribution in [0.15, 0.2) is 0 Å². The Morgan fingerprint density at radius 2 is 1.60 bits per heavy atom. The zero-order valence-corrected chi connectivity index (χ0v) is 13.5. The summed E-state index contributed by atoms with van der Waals surface area (Å²) in [6, 6.07) is 0. The van der Waals surface area contributed by atoms with Crippen LogP contribution in [0.5, 0.6) is 0 Å². The molecule has 1 heterocycles. The van der Waals surface area contributed by atoms with Crippen LogP contribution < -0.4 is 5.32 Å². The first-order valence-electron chi connectivity index (χ1n) is 6.87. The molecule has 1 N–H and O–H groups in total. The molecule has 20 heavy (non-hydrogen) atoms. The van der Waals surface area contributed by atoms with Gasteiger partial charge in [-0.3, -0.25) is 9.59 Å². The Morgan fingerprint density at radius 1 is 1.25 bits per heavy atom. The largest absolute Gasteiger partial charge is 0.471 e. The van der Waals surface area contributed by atoms with Crippen molar-refractivity contribution in [1.29, 1.82) is 0 Å². The molecule has 1 aliphatic heterocycles. The number of carbonyl (C=O) groups excluding carboxylic acids is 3. The Kier molecular flexibility index (Phi) is 26.9. The molecule has 0 bridgehead atoms. The monoisotopic (exact) mass is 290 g/mol. The number of likely N-dealkylation sites (N-methyl/N-ethyl adjacent to an activating group) is 1. The number of hydrogen-bond acceptors (Lipinski definition) is 5. The molecule has 1 saturated heterocycles. The highest BCUT2D eigenvalue weighted by Crippen LogP contribution is 2.06. The summed E-state index contributed by atoms with van der Waals surface area (Å²) in [5, 5.41) is 2.85. The quantitative estimate of drug-likeness (QED) is 0.791. The van der Waals surface area contributed by atoms with Gasteiger partial charge in [0, 0.05) is 13.1 Å². The molecule has 0 aromatic heterocycles. The van der Waals surface area contributed by atoms with E-state index in [0.717, 1.165) is 19.4 Å². The molecule has 0 radical (unpaired) electrons.